The van der Waals surface area contributed by atoms with Gasteiger partial charge in [-0.3, -0.25) is 9.78 Å². The number of ether oxygens (including phenoxy) is 1. The van der Waals surface area contributed by atoms with Gasteiger partial charge in [0.05, 0.1) is 11.6 Å². The number of H-pyrrole nitrogens is 1. The summed E-state index contributed by atoms with van der Waals surface area (Å²) in [7, 11) is 0. The molecule has 2 N–H and O–H groups in total. The molecule has 1 atom stereocenters. The Labute approximate surface area is 177 Å². The van der Waals surface area contributed by atoms with Gasteiger partial charge in [-0.05, 0) is 30.2 Å². The highest BCUT2D eigenvalue weighted by Gasteiger charge is 2.27. The minimum Gasteiger partial charge on any atom is -0.428 e. The van der Waals surface area contributed by atoms with Gasteiger partial charge in [0, 0.05) is 31.6 Å². The van der Waals surface area contributed by atoms with Gasteiger partial charge in [-0.2, -0.15) is 0 Å². The summed E-state index contributed by atoms with van der Waals surface area (Å²) >= 11 is 0. The number of carbonyl (C=O) groups excluding carboxylic acids is 2. The lowest BCUT2D eigenvalue weighted by Crippen LogP contribution is -2.51. The minimum atomic E-state index is -0.769. The Morgan fingerprint density at radius 2 is 2.00 bits per heavy atom. The molecule has 0 bridgehead atoms. The summed E-state index contributed by atoms with van der Waals surface area (Å²) in [4.78, 5) is 43.9. The SMILES string of the molecule is O=C(OCc1ccccc1)ON1CCNCC1CCC(=O)c1ccc2[nH]c(=O)oc2c1. The number of ketones is 1. The third-order valence-corrected chi connectivity index (χ3v) is 5.14. The number of Topliss-reactive ketones (excluding diaryl/α,β-unsaturated/α-hetero) is 1. The fourth-order valence-corrected chi connectivity index (χ4v) is 3.51. The average molecular weight is 425 g/mol. The zero-order valence-corrected chi connectivity index (χ0v) is 16.8. The average Bonchev–Trinajstić information content (AvgIpc) is 3.17. The van der Waals surface area contributed by atoms with Gasteiger partial charge >= 0.3 is 11.9 Å². The van der Waals surface area contributed by atoms with Crippen LogP contribution in [0.3, 0.4) is 0 Å². The lowest BCUT2D eigenvalue weighted by molar-refractivity contribution is -0.163. The molecule has 0 amide bonds. The molecular formula is C22H23N3O6. The zero-order valence-electron chi connectivity index (χ0n) is 16.8. The number of hydrogen-bond donors (Lipinski definition) is 2. The van der Waals surface area contributed by atoms with Crippen molar-refractivity contribution in [1.29, 1.82) is 0 Å². The number of aromatic nitrogens is 1. The highest BCUT2D eigenvalue weighted by atomic mass is 16.8. The minimum absolute atomic E-state index is 0.0806. The quantitative estimate of drug-likeness (QED) is 0.439. The first-order chi connectivity index (χ1) is 15.1. The van der Waals surface area contributed by atoms with E-state index < -0.39 is 11.9 Å². The van der Waals surface area contributed by atoms with E-state index in [-0.39, 0.29) is 24.9 Å². The van der Waals surface area contributed by atoms with Crippen LogP contribution in [0.25, 0.3) is 11.1 Å². The summed E-state index contributed by atoms with van der Waals surface area (Å²) in [6.07, 6.45) is -0.0201. The normalized spacial score (nSPS) is 16.8. The van der Waals surface area contributed by atoms with E-state index in [9.17, 15) is 14.4 Å². The fraction of sp³-hybridized carbons (Fsp3) is 0.318. The monoisotopic (exact) mass is 425 g/mol. The maximum atomic E-state index is 12.6. The molecule has 1 unspecified atom stereocenters. The molecule has 0 spiro atoms. The Morgan fingerprint density at radius 1 is 1.16 bits per heavy atom. The molecule has 1 aliphatic rings. The first-order valence-electron chi connectivity index (χ1n) is 10.1. The number of hydroxylamine groups is 2. The van der Waals surface area contributed by atoms with Crippen molar-refractivity contribution in [1.82, 2.24) is 15.4 Å². The van der Waals surface area contributed by atoms with Crippen LogP contribution in [0.5, 0.6) is 0 Å². The van der Waals surface area contributed by atoms with Crippen molar-refractivity contribution in [2.75, 3.05) is 19.6 Å². The highest BCUT2D eigenvalue weighted by Crippen LogP contribution is 2.17. The van der Waals surface area contributed by atoms with E-state index in [1.54, 1.807) is 23.3 Å². The number of nitrogens with one attached hydrogen (secondary N) is 2. The van der Waals surface area contributed by atoms with Crippen LogP contribution in [0.2, 0.25) is 0 Å². The predicted octanol–water partition coefficient (Wildman–Crippen LogP) is 2.63. The molecule has 0 radical (unpaired) electrons. The highest BCUT2D eigenvalue weighted by molar-refractivity contribution is 5.98. The summed E-state index contributed by atoms with van der Waals surface area (Å²) in [6.45, 7) is 1.89. The summed E-state index contributed by atoms with van der Waals surface area (Å²) in [5, 5.41) is 4.82. The Balaban J connectivity index is 1.31. The van der Waals surface area contributed by atoms with E-state index in [2.05, 4.69) is 10.3 Å². The molecule has 1 aliphatic heterocycles. The smallest absolute Gasteiger partial charge is 0.428 e. The Kier molecular flexibility index (Phi) is 6.44. The third-order valence-electron chi connectivity index (χ3n) is 5.14. The van der Waals surface area contributed by atoms with E-state index in [0.29, 0.717) is 42.7 Å². The second kappa shape index (κ2) is 9.59. The molecule has 31 heavy (non-hydrogen) atoms. The molecule has 9 heteroatoms. The lowest BCUT2D eigenvalue weighted by Gasteiger charge is -2.33. The van der Waals surface area contributed by atoms with Gasteiger partial charge < -0.3 is 19.3 Å². The molecule has 4 rings (SSSR count). The first-order valence-corrected chi connectivity index (χ1v) is 10.1. The van der Waals surface area contributed by atoms with Crippen LogP contribution < -0.4 is 11.1 Å². The second-order valence-electron chi connectivity index (χ2n) is 7.30. The Bertz CT molecular complexity index is 1110. The maximum absolute atomic E-state index is 12.6. The van der Waals surface area contributed by atoms with Crippen molar-refractivity contribution in [3.8, 4) is 0 Å². The first kappa shape index (κ1) is 20.8. The van der Waals surface area contributed by atoms with Crippen LogP contribution in [-0.4, -0.2) is 47.7 Å². The fourth-order valence-electron chi connectivity index (χ4n) is 3.51. The van der Waals surface area contributed by atoms with Crippen molar-refractivity contribution < 1.29 is 23.6 Å². The molecule has 1 aromatic heterocycles. The van der Waals surface area contributed by atoms with E-state index in [1.165, 1.54) is 0 Å². The van der Waals surface area contributed by atoms with Gasteiger partial charge in [-0.25, -0.2) is 9.59 Å². The van der Waals surface area contributed by atoms with E-state index in [0.717, 1.165) is 5.56 Å². The summed E-state index contributed by atoms with van der Waals surface area (Å²) < 4.78 is 10.2. The maximum Gasteiger partial charge on any atom is 0.528 e. The molecule has 3 aromatic rings. The van der Waals surface area contributed by atoms with Crippen LogP contribution in [0, 0.1) is 0 Å². The number of rotatable bonds is 7. The zero-order chi connectivity index (χ0) is 21.6. The lowest BCUT2D eigenvalue weighted by atomic mass is 10.0. The standard InChI is InChI=1S/C22H23N3O6/c26-19(16-6-8-18-20(12-16)30-21(27)24-18)9-7-17-13-23-10-11-25(17)31-22(28)29-14-15-4-2-1-3-5-15/h1-6,8,12,17,23H,7,9-11,13-14H2,(H,24,27). The summed E-state index contributed by atoms with van der Waals surface area (Å²) in [5.74, 6) is -0.636. The molecule has 0 saturated carbocycles. The number of aromatic amines is 1. The molecule has 2 aromatic carbocycles. The van der Waals surface area contributed by atoms with Crippen molar-refractivity contribution >= 4 is 23.0 Å². The van der Waals surface area contributed by atoms with E-state index in [1.807, 2.05) is 30.3 Å². The van der Waals surface area contributed by atoms with E-state index >= 15 is 0 Å². The molecule has 1 saturated heterocycles. The number of oxazole rings is 1. The largest absolute Gasteiger partial charge is 0.528 e. The molecule has 1 fully saturated rings. The van der Waals surface area contributed by atoms with Gasteiger partial charge in [-0.1, -0.05) is 30.3 Å². The van der Waals surface area contributed by atoms with Crippen molar-refractivity contribution in [2.45, 2.75) is 25.5 Å². The number of piperazine rings is 1. The van der Waals surface area contributed by atoms with Crippen LogP contribution in [0.15, 0.2) is 57.7 Å². The Hall–Kier alpha value is -3.43. The van der Waals surface area contributed by atoms with Gasteiger partial charge in [0.1, 0.15) is 6.61 Å². The predicted molar refractivity (Wildman–Crippen MR) is 111 cm³/mol. The number of carbonyl (C=O) groups is 2. The van der Waals surface area contributed by atoms with Crippen molar-refractivity contribution in [3.05, 3.63) is 70.2 Å². The summed E-state index contributed by atoms with van der Waals surface area (Å²) in [6, 6.07) is 14.1. The van der Waals surface area contributed by atoms with E-state index in [4.69, 9.17) is 14.0 Å². The van der Waals surface area contributed by atoms with Gasteiger partial charge in [-0.15, -0.1) is 5.06 Å². The van der Waals surface area contributed by atoms with Crippen LogP contribution in [0.1, 0.15) is 28.8 Å². The van der Waals surface area contributed by atoms with Crippen LogP contribution in [0.4, 0.5) is 4.79 Å². The second-order valence-corrected chi connectivity index (χ2v) is 7.30. The van der Waals surface area contributed by atoms with Gasteiger partial charge in [0.15, 0.2) is 11.4 Å². The third kappa shape index (κ3) is 5.39. The number of hydrogen-bond acceptors (Lipinski definition) is 8. The molecule has 9 nitrogen and oxygen atoms in total. The van der Waals surface area contributed by atoms with Crippen LogP contribution >= 0.6 is 0 Å². The molecule has 2 heterocycles. The van der Waals surface area contributed by atoms with Gasteiger partial charge in [0.2, 0.25) is 0 Å². The number of benzene rings is 2. The summed E-state index contributed by atoms with van der Waals surface area (Å²) in [5.41, 5.74) is 2.24. The van der Waals surface area contributed by atoms with Crippen LogP contribution in [-0.2, 0) is 16.2 Å². The van der Waals surface area contributed by atoms with Crippen molar-refractivity contribution in [2.24, 2.45) is 0 Å². The molecule has 0 aliphatic carbocycles. The van der Waals surface area contributed by atoms with Gasteiger partial charge in [0.25, 0.3) is 0 Å². The molecular weight excluding hydrogens is 402 g/mol. The Morgan fingerprint density at radius 3 is 2.84 bits per heavy atom. The van der Waals surface area contributed by atoms with Crippen molar-refractivity contribution in [3.63, 3.8) is 0 Å². The topological polar surface area (TPSA) is 114 Å². The number of fused-ring (bicyclic) bond motifs is 1. The number of nitrogens with zero attached hydrogens (tertiary/aromatic N) is 1. The molecule has 162 valence electrons.